The highest BCUT2D eigenvalue weighted by Crippen LogP contribution is 2.36. The molecule has 0 radical (unpaired) electrons. The highest BCUT2D eigenvalue weighted by molar-refractivity contribution is 5.87. The van der Waals surface area contributed by atoms with Crippen LogP contribution in [0.3, 0.4) is 0 Å². The van der Waals surface area contributed by atoms with Crippen molar-refractivity contribution in [1.29, 1.82) is 0 Å². The van der Waals surface area contributed by atoms with Gasteiger partial charge in [-0.3, -0.25) is 0 Å². The molecule has 166 valence electrons. The Bertz CT molecular complexity index is 714. The Morgan fingerprint density at radius 1 is 1.10 bits per heavy atom. The van der Waals surface area contributed by atoms with Crippen molar-refractivity contribution in [3.05, 3.63) is 24.0 Å². The van der Waals surface area contributed by atoms with E-state index in [0.717, 1.165) is 38.8 Å². The normalized spacial score (nSPS) is 22.2. The topological polar surface area (TPSA) is 78.0 Å². The largest absolute Gasteiger partial charge is 0.489 e. The number of carbonyl (C=O) groups is 2. The quantitative estimate of drug-likeness (QED) is 0.635. The van der Waals surface area contributed by atoms with E-state index in [4.69, 9.17) is 9.47 Å². The summed E-state index contributed by atoms with van der Waals surface area (Å²) in [5.41, 5.74) is -0.148. The van der Waals surface area contributed by atoms with Crippen molar-refractivity contribution in [2.75, 3.05) is 20.2 Å². The van der Waals surface area contributed by atoms with Gasteiger partial charge in [0.2, 0.25) is 0 Å². The molecule has 1 aromatic heterocycles. The van der Waals surface area contributed by atoms with E-state index in [-0.39, 0.29) is 17.9 Å². The summed E-state index contributed by atoms with van der Waals surface area (Å²) >= 11 is 0. The molecule has 1 aliphatic heterocycles. The first-order valence-electron chi connectivity index (χ1n) is 10.9. The summed E-state index contributed by atoms with van der Waals surface area (Å²) in [5, 5.41) is 0. The van der Waals surface area contributed by atoms with Crippen molar-refractivity contribution >= 4 is 12.1 Å². The SMILES string of the molecule is COC(=O)c1ccc(OC2CC(CCC3CCN(C(=O)OC(C)(C)C)CC3)C2)cn1. The van der Waals surface area contributed by atoms with Crippen LogP contribution < -0.4 is 4.74 Å². The van der Waals surface area contributed by atoms with Crippen LogP contribution in [0.1, 0.15) is 69.8 Å². The molecule has 1 saturated carbocycles. The second-order valence-corrected chi connectivity index (χ2v) is 9.44. The molecule has 1 amide bonds. The molecule has 2 heterocycles. The first-order chi connectivity index (χ1) is 14.2. The number of methoxy groups -OCH3 is 1. The van der Waals surface area contributed by atoms with Crippen LogP contribution in [-0.4, -0.2) is 53.9 Å². The van der Waals surface area contributed by atoms with Gasteiger partial charge in [0, 0.05) is 13.1 Å². The van der Waals surface area contributed by atoms with E-state index >= 15 is 0 Å². The molecular weight excluding hydrogens is 384 g/mol. The van der Waals surface area contributed by atoms with Gasteiger partial charge in [-0.15, -0.1) is 0 Å². The van der Waals surface area contributed by atoms with E-state index in [0.29, 0.717) is 17.6 Å². The molecule has 1 saturated heterocycles. The van der Waals surface area contributed by atoms with Crippen molar-refractivity contribution in [2.24, 2.45) is 11.8 Å². The van der Waals surface area contributed by atoms with Gasteiger partial charge in [0.25, 0.3) is 0 Å². The molecule has 30 heavy (non-hydrogen) atoms. The van der Waals surface area contributed by atoms with E-state index in [1.54, 1.807) is 18.3 Å². The maximum atomic E-state index is 12.2. The van der Waals surface area contributed by atoms with Crippen LogP contribution in [0.15, 0.2) is 18.3 Å². The lowest BCUT2D eigenvalue weighted by Crippen LogP contribution is -2.42. The van der Waals surface area contributed by atoms with Crippen LogP contribution in [0.25, 0.3) is 0 Å². The van der Waals surface area contributed by atoms with Crippen molar-refractivity contribution in [3.63, 3.8) is 0 Å². The van der Waals surface area contributed by atoms with E-state index in [1.165, 1.54) is 20.0 Å². The standard InChI is InChI=1S/C23H34N2O5/c1-23(2,3)30-22(27)25-11-9-16(10-12-25)5-6-17-13-19(14-17)29-18-7-8-20(24-15-18)21(26)28-4/h7-8,15-17,19H,5-6,9-14H2,1-4H3. The lowest BCUT2D eigenvalue weighted by atomic mass is 9.77. The third-order valence-corrected chi connectivity index (χ3v) is 5.88. The minimum Gasteiger partial charge on any atom is -0.489 e. The van der Waals surface area contributed by atoms with E-state index < -0.39 is 11.6 Å². The van der Waals surface area contributed by atoms with E-state index in [9.17, 15) is 9.59 Å². The van der Waals surface area contributed by atoms with Crippen molar-refractivity contribution < 1.29 is 23.8 Å². The van der Waals surface area contributed by atoms with Gasteiger partial charge in [0.1, 0.15) is 17.0 Å². The van der Waals surface area contributed by atoms with Crippen LogP contribution in [0.2, 0.25) is 0 Å². The molecule has 7 heteroatoms. The number of aromatic nitrogens is 1. The smallest absolute Gasteiger partial charge is 0.410 e. The molecule has 0 unspecified atom stereocenters. The summed E-state index contributed by atoms with van der Waals surface area (Å²) in [6, 6.07) is 3.39. The number of nitrogens with zero attached hydrogens (tertiary/aromatic N) is 2. The maximum Gasteiger partial charge on any atom is 0.410 e. The fourth-order valence-electron chi connectivity index (χ4n) is 4.08. The fourth-order valence-corrected chi connectivity index (χ4v) is 4.08. The van der Waals surface area contributed by atoms with Gasteiger partial charge in [-0.05, 0) is 76.8 Å². The molecule has 0 spiro atoms. The fraction of sp³-hybridized carbons (Fsp3) is 0.696. The summed E-state index contributed by atoms with van der Waals surface area (Å²) in [4.78, 5) is 29.5. The minimum absolute atomic E-state index is 0.186. The Balaban J connectivity index is 1.30. The van der Waals surface area contributed by atoms with Gasteiger partial charge in [0.05, 0.1) is 19.4 Å². The predicted molar refractivity (Wildman–Crippen MR) is 112 cm³/mol. The number of carbonyl (C=O) groups excluding carboxylic acids is 2. The average molecular weight is 419 g/mol. The number of ether oxygens (including phenoxy) is 3. The van der Waals surface area contributed by atoms with Crippen LogP contribution >= 0.6 is 0 Å². The lowest BCUT2D eigenvalue weighted by Gasteiger charge is -2.37. The third-order valence-electron chi connectivity index (χ3n) is 5.88. The van der Waals surface area contributed by atoms with Gasteiger partial charge in [-0.25, -0.2) is 14.6 Å². The molecule has 0 N–H and O–H groups in total. The number of hydrogen-bond donors (Lipinski definition) is 0. The van der Waals surface area contributed by atoms with Gasteiger partial charge in [0.15, 0.2) is 0 Å². The average Bonchev–Trinajstić information content (AvgIpc) is 2.68. The Hall–Kier alpha value is -2.31. The minimum atomic E-state index is -0.442. The zero-order valence-corrected chi connectivity index (χ0v) is 18.6. The predicted octanol–water partition coefficient (Wildman–Crippen LogP) is 4.45. The van der Waals surface area contributed by atoms with Crippen LogP contribution in [0.5, 0.6) is 5.75 Å². The van der Waals surface area contributed by atoms with Crippen LogP contribution in [0.4, 0.5) is 4.79 Å². The zero-order chi connectivity index (χ0) is 21.7. The number of pyridine rings is 1. The Morgan fingerprint density at radius 2 is 1.77 bits per heavy atom. The van der Waals surface area contributed by atoms with Crippen LogP contribution in [0, 0.1) is 11.8 Å². The lowest BCUT2D eigenvalue weighted by molar-refractivity contribution is 0.0166. The summed E-state index contributed by atoms with van der Waals surface area (Å²) in [5.74, 6) is 1.66. The van der Waals surface area contributed by atoms with Crippen molar-refractivity contribution in [2.45, 2.75) is 71.0 Å². The molecular formula is C23H34N2O5. The summed E-state index contributed by atoms with van der Waals surface area (Å²) in [6.07, 6.45) is 8.31. The van der Waals surface area contributed by atoms with Gasteiger partial charge < -0.3 is 19.1 Å². The maximum absolute atomic E-state index is 12.2. The summed E-state index contributed by atoms with van der Waals surface area (Å²) in [6.45, 7) is 7.30. The number of rotatable bonds is 6. The molecule has 0 atom stereocenters. The number of amides is 1. The summed E-state index contributed by atoms with van der Waals surface area (Å²) in [7, 11) is 1.34. The first-order valence-corrected chi connectivity index (χ1v) is 10.9. The molecule has 2 fully saturated rings. The molecule has 7 nitrogen and oxygen atoms in total. The number of hydrogen-bond acceptors (Lipinski definition) is 6. The molecule has 0 aromatic carbocycles. The number of likely N-dealkylation sites (tertiary alicyclic amines) is 1. The van der Waals surface area contributed by atoms with Crippen molar-refractivity contribution in [1.82, 2.24) is 9.88 Å². The Morgan fingerprint density at radius 3 is 2.33 bits per heavy atom. The highest BCUT2D eigenvalue weighted by Gasteiger charge is 2.32. The van der Waals surface area contributed by atoms with Gasteiger partial charge in [-0.2, -0.15) is 0 Å². The zero-order valence-electron chi connectivity index (χ0n) is 18.6. The van der Waals surface area contributed by atoms with Gasteiger partial charge >= 0.3 is 12.1 Å². The second kappa shape index (κ2) is 9.67. The molecule has 3 rings (SSSR count). The molecule has 1 aliphatic carbocycles. The Labute approximate surface area is 179 Å². The monoisotopic (exact) mass is 418 g/mol. The van der Waals surface area contributed by atoms with Crippen molar-refractivity contribution in [3.8, 4) is 5.75 Å². The second-order valence-electron chi connectivity index (χ2n) is 9.44. The molecule has 0 bridgehead atoms. The summed E-state index contributed by atoms with van der Waals surface area (Å²) < 4.78 is 16.1. The van der Waals surface area contributed by atoms with E-state index in [2.05, 4.69) is 9.72 Å². The number of esters is 1. The molecule has 2 aliphatic rings. The van der Waals surface area contributed by atoms with E-state index in [1.807, 2.05) is 25.7 Å². The first kappa shape index (κ1) is 22.4. The Kier molecular flexibility index (Phi) is 7.21. The molecule has 1 aromatic rings. The number of piperidine rings is 1. The van der Waals surface area contributed by atoms with Gasteiger partial charge in [-0.1, -0.05) is 6.42 Å². The third kappa shape index (κ3) is 6.34. The van der Waals surface area contributed by atoms with Crippen LogP contribution in [-0.2, 0) is 9.47 Å². The highest BCUT2D eigenvalue weighted by atomic mass is 16.6.